The van der Waals surface area contributed by atoms with E-state index < -0.39 is 18.6 Å². The molecule has 0 aromatic heterocycles. The van der Waals surface area contributed by atoms with Gasteiger partial charge in [0, 0.05) is 5.92 Å². The van der Waals surface area contributed by atoms with Crippen LogP contribution in [0.3, 0.4) is 0 Å². The van der Waals surface area contributed by atoms with Crippen molar-refractivity contribution in [2.24, 2.45) is 5.92 Å². The molecule has 0 spiro atoms. The number of amides is 1. The van der Waals surface area contributed by atoms with Crippen LogP contribution in [-0.2, 0) is 4.79 Å². The Balaban J connectivity index is 2.25. The van der Waals surface area contributed by atoms with Gasteiger partial charge in [0.05, 0.1) is 0 Å². The first-order chi connectivity index (χ1) is 5.99. The predicted molar refractivity (Wildman–Crippen MR) is 41.0 cm³/mol. The van der Waals surface area contributed by atoms with E-state index in [1.54, 1.807) is 0 Å². The topological polar surface area (TPSA) is 29.1 Å². The molecule has 1 saturated carbocycles. The second-order valence-corrected chi connectivity index (χ2v) is 3.31. The highest BCUT2D eigenvalue weighted by Crippen LogP contribution is 2.24. The third-order valence-corrected chi connectivity index (χ3v) is 2.19. The molecule has 0 heterocycles. The normalized spacial score (nSPS) is 19.0. The predicted octanol–water partition coefficient (Wildman–Crippen LogP) is 1.86. The van der Waals surface area contributed by atoms with E-state index in [2.05, 4.69) is 0 Å². The lowest BCUT2D eigenvalue weighted by atomic mass is 10.1. The zero-order valence-electron chi connectivity index (χ0n) is 7.16. The summed E-state index contributed by atoms with van der Waals surface area (Å²) in [4.78, 5) is 11.1. The van der Waals surface area contributed by atoms with Gasteiger partial charge < -0.3 is 5.32 Å². The third-order valence-electron chi connectivity index (χ3n) is 2.19. The van der Waals surface area contributed by atoms with E-state index in [1.165, 1.54) is 0 Å². The summed E-state index contributed by atoms with van der Waals surface area (Å²) in [7, 11) is 0. The fourth-order valence-corrected chi connectivity index (χ4v) is 1.52. The summed E-state index contributed by atoms with van der Waals surface area (Å²) in [5, 5.41) is 1.90. The van der Waals surface area contributed by atoms with Crippen molar-refractivity contribution in [1.82, 2.24) is 5.32 Å². The molecule has 1 fully saturated rings. The van der Waals surface area contributed by atoms with Crippen molar-refractivity contribution in [2.45, 2.75) is 31.9 Å². The number of hydrogen-bond donors (Lipinski definition) is 1. The molecule has 0 saturated heterocycles. The summed E-state index contributed by atoms with van der Waals surface area (Å²) in [5.41, 5.74) is 0. The molecule has 1 rings (SSSR count). The molecular weight excluding hydrogens is 183 g/mol. The van der Waals surface area contributed by atoms with Crippen LogP contribution < -0.4 is 5.32 Å². The summed E-state index contributed by atoms with van der Waals surface area (Å²) in [6.45, 7) is -1.21. The Morgan fingerprint density at radius 1 is 1.31 bits per heavy atom. The zero-order valence-corrected chi connectivity index (χ0v) is 7.16. The number of carbonyl (C=O) groups excluding carboxylic acids is 1. The van der Waals surface area contributed by atoms with Crippen LogP contribution >= 0.6 is 0 Å². The Bertz CT molecular complexity index is 184. The standard InChI is InChI=1S/C8H12F3NO/c9-8(10,11)5-12-7(13)6-3-1-2-4-6/h6H,1-5H2,(H,12,13). The molecule has 1 aliphatic carbocycles. The Hall–Kier alpha value is -0.740. The van der Waals surface area contributed by atoms with Crippen LogP contribution in [0.15, 0.2) is 0 Å². The van der Waals surface area contributed by atoms with Gasteiger partial charge in [0.15, 0.2) is 0 Å². The van der Waals surface area contributed by atoms with Crippen molar-refractivity contribution in [3.8, 4) is 0 Å². The number of hydrogen-bond acceptors (Lipinski definition) is 1. The lowest BCUT2D eigenvalue weighted by molar-refractivity contribution is -0.140. The first-order valence-electron chi connectivity index (χ1n) is 4.33. The van der Waals surface area contributed by atoms with E-state index in [-0.39, 0.29) is 5.92 Å². The largest absolute Gasteiger partial charge is 0.405 e. The molecule has 0 atom stereocenters. The number of nitrogens with one attached hydrogen (secondary N) is 1. The van der Waals surface area contributed by atoms with Crippen LogP contribution in [0.5, 0.6) is 0 Å². The van der Waals surface area contributed by atoms with Gasteiger partial charge in [-0.15, -0.1) is 0 Å². The Morgan fingerprint density at radius 2 is 1.85 bits per heavy atom. The molecule has 13 heavy (non-hydrogen) atoms. The first kappa shape index (κ1) is 10.3. The van der Waals surface area contributed by atoms with Gasteiger partial charge in [0.25, 0.3) is 0 Å². The molecule has 1 amide bonds. The van der Waals surface area contributed by atoms with E-state index in [9.17, 15) is 18.0 Å². The van der Waals surface area contributed by atoms with Crippen molar-refractivity contribution < 1.29 is 18.0 Å². The first-order valence-corrected chi connectivity index (χ1v) is 4.33. The van der Waals surface area contributed by atoms with E-state index in [0.29, 0.717) is 0 Å². The molecule has 0 unspecified atom stereocenters. The van der Waals surface area contributed by atoms with Gasteiger partial charge in [-0.2, -0.15) is 13.2 Å². The van der Waals surface area contributed by atoms with Crippen LogP contribution in [0.1, 0.15) is 25.7 Å². The van der Waals surface area contributed by atoms with Crippen LogP contribution in [-0.4, -0.2) is 18.6 Å². The molecule has 0 radical (unpaired) electrons. The molecule has 5 heteroatoms. The minimum atomic E-state index is -4.30. The fraction of sp³-hybridized carbons (Fsp3) is 0.875. The molecule has 0 bridgehead atoms. The fourth-order valence-electron chi connectivity index (χ4n) is 1.52. The SMILES string of the molecule is O=C(NCC(F)(F)F)C1CCCC1. The van der Waals surface area contributed by atoms with Crippen molar-refractivity contribution in [1.29, 1.82) is 0 Å². The maximum Gasteiger partial charge on any atom is 0.405 e. The molecule has 1 N–H and O–H groups in total. The number of alkyl halides is 3. The molecule has 1 aliphatic rings. The minimum Gasteiger partial charge on any atom is -0.347 e. The van der Waals surface area contributed by atoms with E-state index in [4.69, 9.17) is 0 Å². The molecule has 0 aliphatic heterocycles. The maximum atomic E-state index is 11.7. The number of carbonyl (C=O) groups is 1. The van der Waals surface area contributed by atoms with Gasteiger partial charge in [-0.05, 0) is 12.8 Å². The number of rotatable bonds is 2. The average molecular weight is 195 g/mol. The average Bonchev–Trinajstić information content (AvgIpc) is 2.50. The summed E-state index contributed by atoms with van der Waals surface area (Å²) in [5.74, 6) is -0.642. The second-order valence-electron chi connectivity index (χ2n) is 3.31. The smallest absolute Gasteiger partial charge is 0.347 e. The summed E-state index contributed by atoms with van der Waals surface area (Å²) < 4.78 is 35.1. The van der Waals surface area contributed by atoms with E-state index in [0.717, 1.165) is 25.7 Å². The Kier molecular flexibility index (Phi) is 3.17. The molecule has 0 aromatic carbocycles. The van der Waals surface area contributed by atoms with Gasteiger partial charge >= 0.3 is 6.18 Å². The van der Waals surface area contributed by atoms with Gasteiger partial charge in [0.1, 0.15) is 6.54 Å². The van der Waals surface area contributed by atoms with Crippen LogP contribution in [0.2, 0.25) is 0 Å². The lowest BCUT2D eigenvalue weighted by Crippen LogP contribution is -2.36. The van der Waals surface area contributed by atoms with Gasteiger partial charge in [-0.1, -0.05) is 12.8 Å². The summed E-state index contributed by atoms with van der Waals surface area (Å²) in [6.07, 6.45) is -0.949. The third kappa shape index (κ3) is 3.65. The summed E-state index contributed by atoms with van der Waals surface area (Å²) >= 11 is 0. The maximum absolute atomic E-state index is 11.7. The highest BCUT2D eigenvalue weighted by atomic mass is 19.4. The molecule has 0 aromatic rings. The van der Waals surface area contributed by atoms with E-state index >= 15 is 0 Å². The highest BCUT2D eigenvalue weighted by Gasteiger charge is 2.30. The minimum absolute atomic E-state index is 0.192. The summed E-state index contributed by atoms with van der Waals surface area (Å²) in [6, 6.07) is 0. The molecule has 2 nitrogen and oxygen atoms in total. The van der Waals surface area contributed by atoms with Crippen LogP contribution in [0.25, 0.3) is 0 Å². The molecule has 76 valence electrons. The van der Waals surface area contributed by atoms with Crippen LogP contribution in [0, 0.1) is 5.92 Å². The van der Waals surface area contributed by atoms with Gasteiger partial charge in [0.2, 0.25) is 5.91 Å². The highest BCUT2D eigenvalue weighted by molar-refractivity contribution is 5.78. The van der Waals surface area contributed by atoms with Gasteiger partial charge in [-0.25, -0.2) is 0 Å². The van der Waals surface area contributed by atoms with Crippen LogP contribution in [0.4, 0.5) is 13.2 Å². The van der Waals surface area contributed by atoms with Gasteiger partial charge in [-0.3, -0.25) is 4.79 Å². The van der Waals surface area contributed by atoms with Crippen molar-refractivity contribution in [2.75, 3.05) is 6.54 Å². The zero-order chi connectivity index (χ0) is 9.90. The van der Waals surface area contributed by atoms with Crippen molar-refractivity contribution in [3.63, 3.8) is 0 Å². The monoisotopic (exact) mass is 195 g/mol. The lowest BCUT2D eigenvalue weighted by Gasteiger charge is -2.11. The quantitative estimate of drug-likeness (QED) is 0.715. The molecular formula is C8H12F3NO. The van der Waals surface area contributed by atoms with Crippen molar-refractivity contribution in [3.05, 3.63) is 0 Å². The Labute approximate surface area is 74.5 Å². The number of halogens is 3. The Morgan fingerprint density at radius 3 is 2.31 bits per heavy atom. The second kappa shape index (κ2) is 3.98. The van der Waals surface area contributed by atoms with E-state index in [1.807, 2.05) is 5.32 Å². The van der Waals surface area contributed by atoms with Crippen molar-refractivity contribution >= 4 is 5.91 Å².